The molecule has 0 fully saturated rings. The van der Waals surface area contributed by atoms with Crippen LogP contribution in [-0.2, 0) is 0 Å². The Kier molecular flexibility index (Phi) is 3.77. The molecule has 0 heterocycles. The van der Waals surface area contributed by atoms with Crippen molar-refractivity contribution in [2.45, 2.75) is 19.9 Å². The SMILES string of the molecule is CC(C)N(N)CCO. The first-order chi connectivity index (χ1) is 3.68. The van der Waals surface area contributed by atoms with Crippen LogP contribution in [0.5, 0.6) is 0 Å². The molecule has 0 amide bonds. The summed E-state index contributed by atoms with van der Waals surface area (Å²) >= 11 is 0. The molecule has 0 radical (unpaired) electrons. The molecule has 0 aliphatic rings. The van der Waals surface area contributed by atoms with Gasteiger partial charge in [-0.05, 0) is 13.8 Å². The second-order valence-electron chi connectivity index (χ2n) is 2.06. The van der Waals surface area contributed by atoms with E-state index in [0.29, 0.717) is 12.6 Å². The zero-order chi connectivity index (χ0) is 6.57. The van der Waals surface area contributed by atoms with Gasteiger partial charge in [0.2, 0.25) is 0 Å². The zero-order valence-electron chi connectivity index (χ0n) is 5.46. The molecule has 0 aromatic rings. The average molecular weight is 118 g/mol. The van der Waals surface area contributed by atoms with E-state index in [2.05, 4.69) is 0 Å². The van der Waals surface area contributed by atoms with Crippen molar-refractivity contribution in [1.29, 1.82) is 0 Å². The third-order valence-electron chi connectivity index (χ3n) is 1.02. The van der Waals surface area contributed by atoms with E-state index in [1.807, 2.05) is 13.8 Å². The number of aliphatic hydroxyl groups excluding tert-OH is 1. The lowest BCUT2D eigenvalue weighted by atomic mass is 10.4. The van der Waals surface area contributed by atoms with Gasteiger partial charge in [0.15, 0.2) is 0 Å². The molecule has 0 spiro atoms. The molecule has 3 nitrogen and oxygen atoms in total. The van der Waals surface area contributed by atoms with Crippen molar-refractivity contribution >= 4 is 0 Å². The summed E-state index contributed by atoms with van der Waals surface area (Å²) in [5.41, 5.74) is 0. The third-order valence-corrected chi connectivity index (χ3v) is 1.02. The summed E-state index contributed by atoms with van der Waals surface area (Å²) in [5.74, 6) is 5.40. The Hall–Kier alpha value is -0.120. The molecule has 3 heteroatoms. The standard InChI is InChI=1S/C5H14N2O/c1-5(2)7(6)3-4-8/h5,8H,3-4,6H2,1-2H3. The lowest BCUT2D eigenvalue weighted by Crippen LogP contribution is -2.39. The van der Waals surface area contributed by atoms with E-state index in [9.17, 15) is 0 Å². The van der Waals surface area contributed by atoms with Crippen molar-refractivity contribution in [3.63, 3.8) is 0 Å². The molecule has 0 aromatic heterocycles. The molecule has 0 unspecified atom stereocenters. The molecule has 0 aliphatic carbocycles. The minimum Gasteiger partial charge on any atom is -0.395 e. The van der Waals surface area contributed by atoms with Gasteiger partial charge in [-0.15, -0.1) is 0 Å². The normalized spacial score (nSPS) is 11.2. The number of aliphatic hydroxyl groups is 1. The molecule has 0 saturated heterocycles. The summed E-state index contributed by atoms with van der Waals surface area (Å²) < 4.78 is 0. The van der Waals surface area contributed by atoms with Crippen molar-refractivity contribution < 1.29 is 5.11 Å². The molecule has 0 atom stereocenters. The van der Waals surface area contributed by atoms with Gasteiger partial charge in [0, 0.05) is 12.6 Å². The van der Waals surface area contributed by atoms with Crippen LogP contribution in [-0.4, -0.2) is 29.3 Å². The first-order valence-corrected chi connectivity index (χ1v) is 2.80. The minimum atomic E-state index is 0.134. The van der Waals surface area contributed by atoms with Gasteiger partial charge < -0.3 is 5.11 Å². The van der Waals surface area contributed by atoms with E-state index in [1.165, 1.54) is 0 Å². The lowest BCUT2D eigenvalue weighted by molar-refractivity contribution is 0.168. The molecule has 8 heavy (non-hydrogen) atoms. The highest BCUT2D eigenvalue weighted by Gasteiger charge is 1.99. The van der Waals surface area contributed by atoms with Crippen molar-refractivity contribution in [2.24, 2.45) is 5.84 Å². The summed E-state index contributed by atoms with van der Waals surface area (Å²) in [6, 6.07) is 0.321. The number of hydrogen-bond donors (Lipinski definition) is 2. The number of nitrogens with zero attached hydrogens (tertiary/aromatic N) is 1. The second kappa shape index (κ2) is 3.83. The predicted molar refractivity (Wildman–Crippen MR) is 33.1 cm³/mol. The van der Waals surface area contributed by atoms with E-state index in [4.69, 9.17) is 10.9 Å². The zero-order valence-corrected chi connectivity index (χ0v) is 5.46. The Labute approximate surface area is 50.1 Å². The highest BCUT2D eigenvalue weighted by Crippen LogP contribution is 1.86. The lowest BCUT2D eigenvalue weighted by Gasteiger charge is -2.18. The second-order valence-corrected chi connectivity index (χ2v) is 2.06. The van der Waals surface area contributed by atoms with Crippen LogP contribution in [0.4, 0.5) is 0 Å². The molecular weight excluding hydrogens is 104 g/mol. The Bertz CT molecular complexity index is 56.4. The van der Waals surface area contributed by atoms with E-state index in [-0.39, 0.29) is 6.61 Å². The quantitative estimate of drug-likeness (QED) is 0.390. The highest BCUT2D eigenvalue weighted by molar-refractivity contribution is 4.51. The average Bonchev–Trinajstić information content (AvgIpc) is 1.67. The maximum atomic E-state index is 8.36. The Balaban J connectivity index is 3.17. The van der Waals surface area contributed by atoms with Crippen LogP contribution >= 0.6 is 0 Å². The Morgan fingerprint density at radius 2 is 2.12 bits per heavy atom. The smallest absolute Gasteiger partial charge is 0.0572 e. The molecule has 3 N–H and O–H groups in total. The number of hydrazine groups is 1. The maximum Gasteiger partial charge on any atom is 0.0572 e. The van der Waals surface area contributed by atoms with Gasteiger partial charge in [0.1, 0.15) is 0 Å². The highest BCUT2D eigenvalue weighted by atomic mass is 16.3. The maximum absolute atomic E-state index is 8.36. The first kappa shape index (κ1) is 7.88. The van der Waals surface area contributed by atoms with Gasteiger partial charge in [-0.3, -0.25) is 5.84 Å². The number of rotatable bonds is 3. The van der Waals surface area contributed by atoms with Crippen LogP contribution in [0.25, 0.3) is 0 Å². The number of hydrogen-bond acceptors (Lipinski definition) is 3. The third kappa shape index (κ3) is 2.96. The van der Waals surface area contributed by atoms with Crippen molar-refractivity contribution in [3.05, 3.63) is 0 Å². The van der Waals surface area contributed by atoms with E-state index >= 15 is 0 Å². The monoisotopic (exact) mass is 118 g/mol. The minimum absolute atomic E-state index is 0.134. The van der Waals surface area contributed by atoms with E-state index < -0.39 is 0 Å². The van der Waals surface area contributed by atoms with Gasteiger partial charge in [-0.25, -0.2) is 5.01 Å². The summed E-state index contributed by atoms with van der Waals surface area (Å²) in [6.07, 6.45) is 0. The van der Waals surface area contributed by atoms with E-state index in [0.717, 1.165) is 0 Å². The molecule has 0 rings (SSSR count). The topological polar surface area (TPSA) is 49.5 Å². The van der Waals surface area contributed by atoms with Crippen LogP contribution in [0.2, 0.25) is 0 Å². The molecule has 0 aromatic carbocycles. The summed E-state index contributed by atoms with van der Waals surface area (Å²) in [5, 5.41) is 9.96. The van der Waals surface area contributed by atoms with Crippen LogP contribution < -0.4 is 5.84 Å². The van der Waals surface area contributed by atoms with Crippen molar-refractivity contribution in [1.82, 2.24) is 5.01 Å². The molecular formula is C5H14N2O. The fourth-order valence-corrected chi connectivity index (χ4v) is 0.374. The Morgan fingerprint density at radius 3 is 2.25 bits per heavy atom. The molecule has 50 valence electrons. The molecule has 0 bridgehead atoms. The van der Waals surface area contributed by atoms with Crippen LogP contribution in [0.15, 0.2) is 0 Å². The van der Waals surface area contributed by atoms with Gasteiger partial charge in [0.05, 0.1) is 6.61 Å². The fraction of sp³-hybridized carbons (Fsp3) is 1.00. The summed E-state index contributed by atoms with van der Waals surface area (Å²) in [7, 11) is 0. The molecule has 0 saturated carbocycles. The van der Waals surface area contributed by atoms with E-state index in [1.54, 1.807) is 5.01 Å². The summed E-state index contributed by atoms with van der Waals surface area (Å²) in [6.45, 7) is 4.65. The first-order valence-electron chi connectivity index (χ1n) is 2.80. The fourth-order valence-electron chi connectivity index (χ4n) is 0.374. The van der Waals surface area contributed by atoms with Crippen LogP contribution in [0.1, 0.15) is 13.8 Å². The van der Waals surface area contributed by atoms with Crippen molar-refractivity contribution in [2.75, 3.05) is 13.2 Å². The van der Waals surface area contributed by atoms with Crippen LogP contribution in [0, 0.1) is 0 Å². The number of nitrogens with two attached hydrogens (primary N) is 1. The van der Waals surface area contributed by atoms with Crippen LogP contribution in [0.3, 0.4) is 0 Å². The van der Waals surface area contributed by atoms with Gasteiger partial charge in [-0.1, -0.05) is 0 Å². The Morgan fingerprint density at radius 1 is 1.62 bits per heavy atom. The van der Waals surface area contributed by atoms with Gasteiger partial charge in [0.25, 0.3) is 0 Å². The van der Waals surface area contributed by atoms with Gasteiger partial charge in [-0.2, -0.15) is 0 Å². The predicted octanol–water partition coefficient (Wildman–Crippen LogP) is -0.437. The van der Waals surface area contributed by atoms with Crippen molar-refractivity contribution in [3.8, 4) is 0 Å². The largest absolute Gasteiger partial charge is 0.395 e. The van der Waals surface area contributed by atoms with Gasteiger partial charge >= 0.3 is 0 Å². The molecule has 0 aliphatic heterocycles. The summed E-state index contributed by atoms with van der Waals surface area (Å²) in [4.78, 5) is 0.